The fourth-order valence-electron chi connectivity index (χ4n) is 3.91. The zero-order chi connectivity index (χ0) is 22.4. The minimum absolute atomic E-state index is 0.104. The summed E-state index contributed by atoms with van der Waals surface area (Å²) in [5.74, 6) is -1.09. The maximum absolute atomic E-state index is 13.3. The zero-order valence-corrected chi connectivity index (χ0v) is 17.2. The third kappa shape index (κ3) is 3.07. The number of nitro groups is 1. The topological polar surface area (TPSA) is 92.5 Å². The Labute approximate surface area is 187 Å². The SMILES string of the molecule is O=C1c2cccc3c(Nc4ccc(Cl)cc4)c([N+](=O)[O-])cc(c23)C(=O)N1c1ccccc1. The van der Waals surface area contributed by atoms with Crippen molar-refractivity contribution in [2.45, 2.75) is 0 Å². The van der Waals surface area contributed by atoms with Gasteiger partial charge in [-0.1, -0.05) is 41.9 Å². The maximum atomic E-state index is 13.3. The van der Waals surface area contributed by atoms with Crippen LogP contribution in [0.25, 0.3) is 10.8 Å². The average molecular weight is 444 g/mol. The van der Waals surface area contributed by atoms with Gasteiger partial charge in [0, 0.05) is 33.1 Å². The lowest BCUT2D eigenvalue weighted by Crippen LogP contribution is -2.40. The lowest BCUT2D eigenvalue weighted by Gasteiger charge is -2.27. The molecule has 0 saturated carbocycles. The number of benzene rings is 4. The summed E-state index contributed by atoms with van der Waals surface area (Å²) >= 11 is 5.94. The third-order valence-electron chi connectivity index (χ3n) is 5.33. The van der Waals surface area contributed by atoms with Crippen LogP contribution in [0.3, 0.4) is 0 Å². The molecule has 1 N–H and O–H groups in total. The predicted octanol–water partition coefficient (Wildman–Crippen LogP) is 5.95. The summed E-state index contributed by atoms with van der Waals surface area (Å²) in [6.07, 6.45) is 0. The van der Waals surface area contributed by atoms with Gasteiger partial charge in [-0.05, 0) is 42.5 Å². The molecule has 2 amide bonds. The summed E-state index contributed by atoms with van der Waals surface area (Å²) in [5.41, 5.74) is 1.32. The normalized spacial score (nSPS) is 12.8. The van der Waals surface area contributed by atoms with Crippen molar-refractivity contribution in [3.8, 4) is 0 Å². The van der Waals surface area contributed by atoms with Gasteiger partial charge in [0.25, 0.3) is 17.5 Å². The van der Waals surface area contributed by atoms with E-state index in [4.69, 9.17) is 11.6 Å². The first-order valence-corrected chi connectivity index (χ1v) is 10.0. The molecule has 0 unspecified atom stereocenters. The molecular weight excluding hydrogens is 430 g/mol. The maximum Gasteiger partial charge on any atom is 0.294 e. The molecule has 32 heavy (non-hydrogen) atoms. The zero-order valence-electron chi connectivity index (χ0n) is 16.4. The minimum atomic E-state index is -0.606. The number of imide groups is 1. The van der Waals surface area contributed by atoms with Gasteiger partial charge >= 0.3 is 0 Å². The first kappa shape index (κ1) is 19.7. The van der Waals surface area contributed by atoms with Gasteiger partial charge in [0.2, 0.25) is 0 Å². The van der Waals surface area contributed by atoms with E-state index in [1.54, 1.807) is 72.8 Å². The highest BCUT2D eigenvalue weighted by Crippen LogP contribution is 2.42. The van der Waals surface area contributed by atoms with Crippen molar-refractivity contribution < 1.29 is 14.5 Å². The van der Waals surface area contributed by atoms with Crippen molar-refractivity contribution >= 4 is 56.9 Å². The molecule has 0 aliphatic carbocycles. The van der Waals surface area contributed by atoms with Crippen LogP contribution in [0.1, 0.15) is 20.7 Å². The van der Waals surface area contributed by atoms with Crippen LogP contribution >= 0.6 is 11.6 Å². The van der Waals surface area contributed by atoms with Crippen molar-refractivity contribution in [1.82, 2.24) is 0 Å². The summed E-state index contributed by atoms with van der Waals surface area (Å²) in [5, 5.41) is 16.3. The van der Waals surface area contributed by atoms with E-state index in [-0.39, 0.29) is 16.9 Å². The number of hydrogen-bond donors (Lipinski definition) is 1. The second kappa shape index (κ2) is 7.47. The number of halogens is 1. The van der Waals surface area contributed by atoms with E-state index in [1.807, 2.05) is 0 Å². The number of amides is 2. The smallest absolute Gasteiger partial charge is 0.294 e. The summed E-state index contributed by atoms with van der Waals surface area (Å²) < 4.78 is 0. The number of hydrogen-bond acceptors (Lipinski definition) is 5. The number of nitrogens with zero attached hydrogens (tertiary/aromatic N) is 2. The fraction of sp³-hybridized carbons (Fsp3) is 0. The molecule has 156 valence electrons. The molecule has 0 aromatic heterocycles. The molecule has 0 spiro atoms. The Morgan fingerprint density at radius 2 is 1.53 bits per heavy atom. The molecule has 7 nitrogen and oxygen atoms in total. The van der Waals surface area contributed by atoms with Crippen molar-refractivity contribution in [1.29, 1.82) is 0 Å². The van der Waals surface area contributed by atoms with Crippen molar-refractivity contribution in [2.24, 2.45) is 0 Å². The molecular formula is C24H14ClN3O4. The van der Waals surface area contributed by atoms with Gasteiger partial charge in [-0.15, -0.1) is 0 Å². The summed E-state index contributed by atoms with van der Waals surface area (Å²) in [7, 11) is 0. The van der Waals surface area contributed by atoms with E-state index in [9.17, 15) is 19.7 Å². The van der Waals surface area contributed by atoms with Crippen LogP contribution in [0.4, 0.5) is 22.7 Å². The first-order chi connectivity index (χ1) is 15.5. The number of anilines is 3. The van der Waals surface area contributed by atoms with Gasteiger partial charge in [0.15, 0.2) is 0 Å². The molecule has 4 aromatic rings. The first-order valence-electron chi connectivity index (χ1n) is 9.66. The van der Waals surface area contributed by atoms with Crippen LogP contribution in [0.5, 0.6) is 0 Å². The van der Waals surface area contributed by atoms with E-state index < -0.39 is 16.7 Å². The number of nitrogens with one attached hydrogen (secondary N) is 1. The van der Waals surface area contributed by atoms with E-state index in [0.717, 1.165) is 4.90 Å². The number of rotatable bonds is 4. The Kier molecular flexibility index (Phi) is 4.61. The Bertz CT molecular complexity index is 1420. The van der Waals surface area contributed by atoms with Crippen LogP contribution in [0.15, 0.2) is 78.9 Å². The molecule has 0 radical (unpaired) electrons. The molecule has 0 bridgehead atoms. The van der Waals surface area contributed by atoms with E-state index >= 15 is 0 Å². The van der Waals surface area contributed by atoms with Gasteiger partial charge < -0.3 is 5.32 Å². The minimum Gasteiger partial charge on any atom is -0.349 e. The predicted molar refractivity (Wildman–Crippen MR) is 123 cm³/mol. The Morgan fingerprint density at radius 3 is 2.22 bits per heavy atom. The van der Waals surface area contributed by atoms with Crippen molar-refractivity contribution in [2.75, 3.05) is 10.2 Å². The van der Waals surface area contributed by atoms with Crippen LogP contribution in [0.2, 0.25) is 5.02 Å². The number of nitro benzene ring substituents is 1. The highest BCUT2D eigenvalue weighted by atomic mass is 35.5. The number of carbonyl (C=O) groups excluding carboxylic acids is 2. The average Bonchev–Trinajstić information content (AvgIpc) is 2.80. The van der Waals surface area contributed by atoms with Crippen LogP contribution in [-0.2, 0) is 0 Å². The second-order valence-corrected chi connectivity index (χ2v) is 7.65. The van der Waals surface area contributed by atoms with Gasteiger partial charge in [0.05, 0.1) is 16.2 Å². The molecule has 8 heteroatoms. The number of para-hydroxylation sites is 1. The van der Waals surface area contributed by atoms with Gasteiger partial charge in [-0.3, -0.25) is 19.7 Å². The van der Waals surface area contributed by atoms with E-state index in [1.165, 1.54) is 6.07 Å². The molecule has 1 aliphatic rings. The molecule has 1 aliphatic heterocycles. The van der Waals surface area contributed by atoms with Crippen LogP contribution in [0, 0.1) is 10.1 Å². The van der Waals surface area contributed by atoms with Gasteiger partial charge in [0.1, 0.15) is 5.69 Å². The largest absolute Gasteiger partial charge is 0.349 e. The molecule has 4 aromatic carbocycles. The quantitative estimate of drug-likeness (QED) is 0.239. The van der Waals surface area contributed by atoms with Crippen LogP contribution < -0.4 is 10.2 Å². The lowest BCUT2D eigenvalue weighted by molar-refractivity contribution is -0.383. The van der Waals surface area contributed by atoms with Crippen molar-refractivity contribution in [3.63, 3.8) is 0 Å². The number of carbonyl (C=O) groups is 2. The standard InChI is InChI=1S/C24H14ClN3O4/c25-14-9-11-15(12-10-14)26-22-17-7-4-8-18-21(17)19(13-20(22)28(31)32)24(30)27(23(18)29)16-5-2-1-3-6-16/h1-13,26H. The van der Waals surface area contributed by atoms with Gasteiger partial charge in [-0.2, -0.15) is 0 Å². The summed E-state index contributed by atoms with van der Waals surface area (Å²) in [4.78, 5) is 39.1. The molecule has 0 saturated heterocycles. The van der Waals surface area contributed by atoms with Crippen LogP contribution in [-0.4, -0.2) is 16.7 Å². The van der Waals surface area contributed by atoms with Gasteiger partial charge in [-0.25, -0.2) is 4.90 Å². The highest BCUT2D eigenvalue weighted by Gasteiger charge is 2.37. The summed E-state index contributed by atoms with van der Waals surface area (Å²) in [6.45, 7) is 0. The Balaban J connectivity index is 1.76. The highest BCUT2D eigenvalue weighted by molar-refractivity contribution is 6.37. The van der Waals surface area contributed by atoms with Crippen molar-refractivity contribution in [3.05, 3.63) is 105 Å². The second-order valence-electron chi connectivity index (χ2n) is 7.22. The summed E-state index contributed by atoms with van der Waals surface area (Å²) in [6, 6.07) is 21.3. The lowest BCUT2D eigenvalue weighted by atomic mass is 9.91. The van der Waals surface area contributed by atoms with E-state index in [2.05, 4.69) is 5.32 Å². The third-order valence-corrected chi connectivity index (χ3v) is 5.58. The van der Waals surface area contributed by atoms with E-state index in [0.29, 0.717) is 32.7 Å². The Morgan fingerprint density at radius 1 is 0.844 bits per heavy atom. The monoisotopic (exact) mass is 443 g/mol. The fourth-order valence-corrected chi connectivity index (χ4v) is 4.04. The Hall–Kier alpha value is -4.23. The molecule has 0 fully saturated rings. The molecule has 0 atom stereocenters. The molecule has 1 heterocycles. The molecule has 5 rings (SSSR count).